The molecule has 1 heterocycles. The SMILES string of the molecule is CN(C1CCCCC1)S(=O)(=O)c1ccc(S(=O)(=O)N2CCC[C@H](c3ccccc3)C2)cc1. The zero-order valence-corrected chi connectivity index (χ0v) is 20.2. The molecule has 0 bridgehead atoms. The summed E-state index contributed by atoms with van der Waals surface area (Å²) >= 11 is 0. The van der Waals surface area contributed by atoms with Gasteiger partial charge in [-0.25, -0.2) is 16.8 Å². The minimum absolute atomic E-state index is 0.0143. The van der Waals surface area contributed by atoms with E-state index < -0.39 is 20.0 Å². The molecule has 32 heavy (non-hydrogen) atoms. The Morgan fingerprint density at radius 1 is 0.781 bits per heavy atom. The summed E-state index contributed by atoms with van der Waals surface area (Å²) in [4.78, 5) is 0.288. The Kier molecular flexibility index (Phi) is 7.05. The largest absolute Gasteiger partial charge is 0.243 e. The Morgan fingerprint density at radius 2 is 1.41 bits per heavy atom. The molecule has 2 aromatic rings. The van der Waals surface area contributed by atoms with Gasteiger partial charge in [-0.3, -0.25) is 0 Å². The second-order valence-electron chi connectivity index (χ2n) is 8.90. The molecule has 1 aliphatic heterocycles. The van der Waals surface area contributed by atoms with Gasteiger partial charge < -0.3 is 0 Å². The first kappa shape index (κ1) is 23.4. The number of hydrogen-bond donors (Lipinski definition) is 0. The van der Waals surface area contributed by atoms with Crippen LogP contribution in [0.3, 0.4) is 0 Å². The molecule has 8 heteroatoms. The summed E-state index contributed by atoms with van der Waals surface area (Å²) < 4.78 is 55.7. The number of sulfonamides is 2. The van der Waals surface area contributed by atoms with E-state index in [1.807, 2.05) is 30.3 Å². The van der Waals surface area contributed by atoms with Gasteiger partial charge in [0.25, 0.3) is 0 Å². The summed E-state index contributed by atoms with van der Waals surface area (Å²) in [6.45, 7) is 0.924. The van der Waals surface area contributed by atoms with Crippen LogP contribution in [0.15, 0.2) is 64.4 Å². The lowest BCUT2D eigenvalue weighted by Gasteiger charge is -2.32. The molecule has 1 aliphatic carbocycles. The van der Waals surface area contributed by atoms with Crippen molar-refractivity contribution in [2.75, 3.05) is 20.1 Å². The summed E-state index contributed by atoms with van der Waals surface area (Å²) in [6, 6.07) is 15.8. The molecule has 0 unspecified atom stereocenters. The van der Waals surface area contributed by atoms with E-state index in [0.717, 1.165) is 50.5 Å². The van der Waals surface area contributed by atoms with Crippen LogP contribution in [-0.2, 0) is 20.0 Å². The van der Waals surface area contributed by atoms with Crippen LogP contribution in [0.1, 0.15) is 56.4 Å². The third-order valence-corrected chi connectivity index (χ3v) is 10.7. The van der Waals surface area contributed by atoms with Crippen LogP contribution in [0.2, 0.25) is 0 Å². The predicted molar refractivity (Wildman–Crippen MR) is 125 cm³/mol. The van der Waals surface area contributed by atoms with E-state index in [2.05, 4.69) is 0 Å². The summed E-state index contributed by atoms with van der Waals surface area (Å²) in [6.07, 6.45) is 6.75. The van der Waals surface area contributed by atoms with Gasteiger partial charge in [-0.05, 0) is 61.4 Å². The smallest absolute Gasteiger partial charge is 0.207 e. The van der Waals surface area contributed by atoms with Crippen molar-refractivity contribution in [2.24, 2.45) is 0 Å². The molecule has 0 radical (unpaired) electrons. The predicted octanol–water partition coefficient (Wildman–Crippen LogP) is 4.21. The van der Waals surface area contributed by atoms with E-state index in [-0.39, 0.29) is 21.8 Å². The van der Waals surface area contributed by atoms with Crippen molar-refractivity contribution < 1.29 is 16.8 Å². The minimum atomic E-state index is -3.68. The topological polar surface area (TPSA) is 74.8 Å². The highest BCUT2D eigenvalue weighted by Gasteiger charge is 2.32. The highest BCUT2D eigenvalue weighted by Crippen LogP contribution is 2.31. The van der Waals surface area contributed by atoms with Crippen LogP contribution in [0, 0.1) is 0 Å². The molecule has 1 saturated carbocycles. The van der Waals surface area contributed by atoms with Gasteiger partial charge >= 0.3 is 0 Å². The molecule has 1 saturated heterocycles. The molecule has 0 spiro atoms. The van der Waals surface area contributed by atoms with Gasteiger partial charge in [-0.15, -0.1) is 0 Å². The Bertz CT molecular complexity index is 1110. The van der Waals surface area contributed by atoms with Crippen molar-refractivity contribution in [1.29, 1.82) is 0 Å². The first-order valence-electron chi connectivity index (χ1n) is 11.4. The van der Waals surface area contributed by atoms with Gasteiger partial charge in [-0.2, -0.15) is 8.61 Å². The van der Waals surface area contributed by atoms with E-state index in [9.17, 15) is 16.8 Å². The summed E-state index contributed by atoms with van der Waals surface area (Å²) in [5, 5.41) is 0. The van der Waals surface area contributed by atoms with Gasteiger partial charge in [0.15, 0.2) is 0 Å². The van der Waals surface area contributed by atoms with Gasteiger partial charge in [0.2, 0.25) is 20.0 Å². The summed E-state index contributed by atoms with van der Waals surface area (Å²) in [7, 11) is -5.69. The standard InChI is InChI=1S/C24H32N2O4S2/c1-25(22-12-6-3-7-13-22)31(27,28)23-14-16-24(17-15-23)32(29,30)26-18-8-11-21(19-26)20-9-4-2-5-10-20/h2,4-5,9-10,14-17,21-22H,3,6-8,11-13,18-19H2,1H3/t21-/m0/s1. The zero-order chi connectivity index (χ0) is 22.8. The molecule has 2 aromatic carbocycles. The van der Waals surface area contributed by atoms with Crippen molar-refractivity contribution in [1.82, 2.24) is 8.61 Å². The minimum Gasteiger partial charge on any atom is -0.207 e. The van der Waals surface area contributed by atoms with E-state index in [1.54, 1.807) is 7.05 Å². The average molecular weight is 477 g/mol. The number of piperidine rings is 1. The molecule has 1 atom stereocenters. The van der Waals surface area contributed by atoms with Crippen LogP contribution in [0.4, 0.5) is 0 Å². The second-order valence-corrected chi connectivity index (χ2v) is 12.8. The normalized spacial score (nSPS) is 21.6. The van der Waals surface area contributed by atoms with E-state index >= 15 is 0 Å². The molecule has 6 nitrogen and oxygen atoms in total. The van der Waals surface area contributed by atoms with Crippen molar-refractivity contribution in [3.63, 3.8) is 0 Å². The highest BCUT2D eigenvalue weighted by atomic mass is 32.2. The molecular formula is C24H32N2O4S2. The Morgan fingerprint density at radius 3 is 2.06 bits per heavy atom. The first-order chi connectivity index (χ1) is 15.3. The maximum absolute atomic E-state index is 13.3. The average Bonchev–Trinajstić information content (AvgIpc) is 2.85. The van der Waals surface area contributed by atoms with Crippen LogP contribution in [0.5, 0.6) is 0 Å². The number of rotatable bonds is 6. The fourth-order valence-electron chi connectivity index (χ4n) is 4.90. The molecular weight excluding hydrogens is 444 g/mol. The molecule has 2 fully saturated rings. The molecule has 0 aromatic heterocycles. The Balaban J connectivity index is 1.51. The molecule has 174 valence electrons. The van der Waals surface area contributed by atoms with Gasteiger partial charge in [0.05, 0.1) is 9.79 Å². The van der Waals surface area contributed by atoms with E-state index in [1.165, 1.54) is 32.9 Å². The maximum Gasteiger partial charge on any atom is 0.243 e. The lowest BCUT2D eigenvalue weighted by atomic mass is 9.92. The number of hydrogen-bond acceptors (Lipinski definition) is 4. The fraction of sp³-hybridized carbons (Fsp3) is 0.500. The van der Waals surface area contributed by atoms with Crippen molar-refractivity contribution in [2.45, 2.75) is 66.7 Å². The van der Waals surface area contributed by atoms with Crippen molar-refractivity contribution in [3.05, 3.63) is 60.2 Å². The van der Waals surface area contributed by atoms with E-state index in [0.29, 0.717) is 13.1 Å². The van der Waals surface area contributed by atoms with Crippen LogP contribution in [-0.4, -0.2) is 51.6 Å². The van der Waals surface area contributed by atoms with E-state index in [4.69, 9.17) is 0 Å². The lowest BCUT2D eigenvalue weighted by Crippen LogP contribution is -2.39. The molecule has 0 N–H and O–H groups in total. The molecule has 2 aliphatic rings. The van der Waals surface area contributed by atoms with Gasteiger partial charge in [0.1, 0.15) is 0 Å². The van der Waals surface area contributed by atoms with Crippen LogP contribution >= 0.6 is 0 Å². The van der Waals surface area contributed by atoms with Crippen molar-refractivity contribution in [3.8, 4) is 0 Å². The maximum atomic E-state index is 13.3. The first-order valence-corrected chi connectivity index (χ1v) is 14.3. The van der Waals surface area contributed by atoms with Crippen LogP contribution < -0.4 is 0 Å². The number of benzene rings is 2. The fourth-order valence-corrected chi connectivity index (χ4v) is 7.84. The zero-order valence-electron chi connectivity index (χ0n) is 18.6. The molecule has 4 rings (SSSR count). The third-order valence-electron chi connectivity index (χ3n) is 6.88. The lowest BCUT2D eigenvalue weighted by molar-refractivity contribution is 0.286. The van der Waals surface area contributed by atoms with Gasteiger partial charge in [-0.1, -0.05) is 49.6 Å². The quantitative estimate of drug-likeness (QED) is 0.626. The summed E-state index contributed by atoms with van der Waals surface area (Å²) in [5.41, 5.74) is 1.15. The Labute approximate surface area is 192 Å². The molecule has 0 amide bonds. The van der Waals surface area contributed by atoms with Gasteiger partial charge in [0, 0.05) is 26.2 Å². The highest BCUT2D eigenvalue weighted by molar-refractivity contribution is 7.89. The summed E-state index contributed by atoms with van der Waals surface area (Å²) in [5.74, 6) is 0.170. The van der Waals surface area contributed by atoms with Crippen molar-refractivity contribution >= 4 is 20.0 Å². The monoisotopic (exact) mass is 476 g/mol. The van der Waals surface area contributed by atoms with Crippen LogP contribution in [0.25, 0.3) is 0 Å². The second kappa shape index (κ2) is 9.63. The number of nitrogens with zero attached hydrogens (tertiary/aromatic N) is 2. The third kappa shape index (κ3) is 4.78. The Hall–Kier alpha value is -1.74.